The SMILES string of the molecule is C[C@@H](NC(=O)c1cnc2ccccn2c1=O)c1cccc(Cl)c1. The van der Waals surface area contributed by atoms with Crippen LogP contribution in [0.2, 0.25) is 5.02 Å². The Morgan fingerprint density at radius 2 is 2.09 bits per heavy atom. The Hall–Kier alpha value is -2.66. The van der Waals surface area contributed by atoms with Crippen LogP contribution < -0.4 is 10.9 Å². The van der Waals surface area contributed by atoms with Crippen LogP contribution in [0.5, 0.6) is 0 Å². The van der Waals surface area contributed by atoms with Crippen LogP contribution in [0.15, 0.2) is 59.7 Å². The number of halogens is 1. The number of rotatable bonds is 3. The number of hydrogen-bond donors (Lipinski definition) is 1. The zero-order chi connectivity index (χ0) is 16.4. The summed E-state index contributed by atoms with van der Waals surface area (Å²) < 4.78 is 1.35. The average Bonchev–Trinajstić information content (AvgIpc) is 2.55. The van der Waals surface area contributed by atoms with Crippen LogP contribution in [0, 0.1) is 0 Å². The number of carbonyl (C=O) groups is 1. The topological polar surface area (TPSA) is 63.5 Å². The molecule has 0 fully saturated rings. The molecule has 0 aliphatic carbocycles. The predicted octanol–water partition coefficient (Wildman–Crippen LogP) is 2.84. The first-order valence-corrected chi connectivity index (χ1v) is 7.47. The molecule has 0 unspecified atom stereocenters. The Labute approximate surface area is 137 Å². The third kappa shape index (κ3) is 3.10. The second-order valence-corrected chi connectivity index (χ2v) is 5.59. The van der Waals surface area contributed by atoms with E-state index in [1.54, 1.807) is 36.5 Å². The van der Waals surface area contributed by atoms with E-state index in [0.717, 1.165) is 5.56 Å². The minimum atomic E-state index is -0.465. The highest BCUT2D eigenvalue weighted by Gasteiger charge is 2.16. The number of aromatic nitrogens is 2. The van der Waals surface area contributed by atoms with Crippen molar-refractivity contribution < 1.29 is 4.79 Å². The molecule has 0 bridgehead atoms. The standard InChI is InChI=1S/C17H14ClN3O2/c1-11(12-5-4-6-13(18)9-12)20-16(22)14-10-19-15-7-2-3-8-21(15)17(14)23/h2-11H,1H3,(H,20,22)/t11-/m1/s1. The third-order valence-electron chi connectivity index (χ3n) is 3.55. The predicted molar refractivity (Wildman–Crippen MR) is 88.8 cm³/mol. The van der Waals surface area contributed by atoms with Crippen molar-refractivity contribution >= 4 is 23.2 Å². The van der Waals surface area contributed by atoms with Crippen molar-refractivity contribution in [1.29, 1.82) is 0 Å². The number of hydrogen-bond acceptors (Lipinski definition) is 3. The summed E-state index contributed by atoms with van der Waals surface area (Å²) in [6.07, 6.45) is 2.89. The largest absolute Gasteiger partial charge is 0.345 e. The summed E-state index contributed by atoms with van der Waals surface area (Å²) >= 11 is 5.96. The van der Waals surface area contributed by atoms with Gasteiger partial charge in [0, 0.05) is 17.4 Å². The number of pyridine rings is 1. The summed E-state index contributed by atoms with van der Waals surface area (Å²) in [5.74, 6) is -0.465. The molecular formula is C17H14ClN3O2. The summed E-state index contributed by atoms with van der Waals surface area (Å²) in [5, 5.41) is 3.39. The molecule has 3 aromatic rings. The Bertz CT molecular complexity index is 936. The maximum absolute atomic E-state index is 12.4. The number of carbonyl (C=O) groups excluding carboxylic acids is 1. The molecule has 23 heavy (non-hydrogen) atoms. The first kappa shape index (κ1) is 15.2. The molecular weight excluding hydrogens is 314 g/mol. The highest BCUT2D eigenvalue weighted by Crippen LogP contribution is 2.17. The number of nitrogens with zero attached hydrogens (tertiary/aromatic N) is 2. The molecule has 5 nitrogen and oxygen atoms in total. The van der Waals surface area contributed by atoms with Gasteiger partial charge in [0.15, 0.2) is 0 Å². The lowest BCUT2D eigenvalue weighted by Crippen LogP contribution is -2.33. The van der Waals surface area contributed by atoms with Crippen LogP contribution in [0.1, 0.15) is 28.9 Å². The Morgan fingerprint density at radius 3 is 2.87 bits per heavy atom. The summed E-state index contributed by atoms with van der Waals surface area (Å²) in [5.41, 5.74) is 0.964. The number of fused-ring (bicyclic) bond motifs is 1. The Kier molecular flexibility index (Phi) is 4.12. The van der Waals surface area contributed by atoms with E-state index in [0.29, 0.717) is 10.7 Å². The molecule has 1 N–H and O–H groups in total. The lowest BCUT2D eigenvalue weighted by molar-refractivity contribution is 0.0938. The molecule has 1 amide bonds. The van der Waals surface area contributed by atoms with Gasteiger partial charge in [0.1, 0.15) is 11.2 Å². The highest BCUT2D eigenvalue weighted by molar-refractivity contribution is 6.30. The molecule has 1 aromatic carbocycles. The second-order valence-electron chi connectivity index (χ2n) is 5.16. The van der Waals surface area contributed by atoms with Gasteiger partial charge in [-0.3, -0.25) is 14.0 Å². The highest BCUT2D eigenvalue weighted by atomic mass is 35.5. The van der Waals surface area contributed by atoms with Crippen molar-refractivity contribution in [1.82, 2.24) is 14.7 Å². The van der Waals surface area contributed by atoms with E-state index in [2.05, 4.69) is 10.3 Å². The van der Waals surface area contributed by atoms with E-state index < -0.39 is 11.5 Å². The fourth-order valence-corrected chi connectivity index (χ4v) is 2.51. The number of amides is 1. The molecule has 3 rings (SSSR count). The number of nitrogens with one attached hydrogen (secondary N) is 1. The maximum Gasteiger partial charge on any atom is 0.270 e. The molecule has 2 heterocycles. The first-order chi connectivity index (χ1) is 11.1. The van der Waals surface area contributed by atoms with Crippen LogP contribution >= 0.6 is 11.6 Å². The van der Waals surface area contributed by atoms with Crippen LogP contribution in [0.25, 0.3) is 5.65 Å². The molecule has 1 atom stereocenters. The van der Waals surface area contributed by atoms with E-state index in [1.165, 1.54) is 10.6 Å². The lowest BCUT2D eigenvalue weighted by atomic mass is 10.1. The van der Waals surface area contributed by atoms with Gasteiger partial charge in [0.05, 0.1) is 6.04 Å². The monoisotopic (exact) mass is 327 g/mol. The summed E-state index contributed by atoms with van der Waals surface area (Å²) in [6.45, 7) is 1.83. The van der Waals surface area contributed by atoms with Gasteiger partial charge in [0.2, 0.25) is 0 Å². The van der Waals surface area contributed by atoms with Crippen molar-refractivity contribution in [2.75, 3.05) is 0 Å². The normalized spacial score (nSPS) is 12.1. The Balaban J connectivity index is 1.89. The average molecular weight is 328 g/mol. The van der Waals surface area contributed by atoms with Gasteiger partial charge >= 0.3 is 0 Å². The number of benzene rings is 1. The van der Waals surface area contributed by atoms with Gasteiger partial charge in [-0.05, 0) is 36.8 Å². The molecule has 0 aliphatic heterocycles. The summed E-state index contributed by atoms with van der Waals surface area (Å²) in [7, 11) is 0. The maximum atomic E-state index is 12.4. The third-order valence-corrected chi connectivity index (χ3v) is 3.79. The molecule has 0 saturated heterocycles. The minimum absolute atomic E-state index is 0.00239. The smallest absolute Gasteiger partial charge is 0.270 e. The van der Waals surface area contributed by atoms with Gasteiger partial charge < -0.3 is 5.32 Å². The van der Waals surface area contributed by atoms with Crippen LogP contribution in [-0.4, -0.2) is 15.3 Å². The second kappa shape index (κ2) is 6.22. The van der Waals surface area contributed by atoms with E-state index in [9.17, 15) is 9.59 Å². The van der Waals surface area contributed by atoms with Crippen LogP contribution in [-0.2, 0) is 0 Å². The fraction of sp³-hybridized carbons (Fsp3) is 0.118. The summed E-state index contributed by atoms with van der Waals surface area (Å²) in [4.78, 5) is 28.9. The van der Waals surface area contributed by atoms with E-state index in [-0.39, 0.29) is 11.6 Å². The molecule has 6 heteroatoms. The van der Waals surface area contributed by atoms with Gasteiger partial charge in [-0.25, -0.2) is 4.98 Å². The van der Waals surface area contributed by atoms with Gasteiger partial charge in [0.25, 0.3) is 11.5 Å². The van der Waals surface area contributed by atoms with Gasteiger partial charge in [-0.15, -0.1) is 0 Å². The fourth-order valence-electron chi connectivity index (χ4n) is 2.32. The van der Waals surface area contributed by atoms with Crippen molar-refractivity contribution in [3.8, 4) is 0 Å². The first-order valence-electron chi connectivity index (χ1n) is 7.09. The van der Waals surface area contributed by atoms with Crippen LogP contribution in [0.3, 0.4) is 0 Å². The zero-order valence-corrected chi connectivity index (χ0v) is 13.1. The lowest BCUT2D eigenvalue weighted by Gasteiger charge is -2.14. The molecule has 2 aromatic heterocycles. The quantitative estimate of drug-likeness (QED) is 0.804. The minimum Gasteiger partial charge on any atom is -0.345 e. The van der Waals surface area contributed by atoms with Crippen molar-refractivity contribution in [3.05, 3.63) is 81.4 Å². The molecule has 116 valence electrons. The van der Waals surface area contributed by atoms with E-state index in [1.807, 2.05) is 19.1 Å². The Morgan fingerprint density at radius 1 is 1.26 bits per heavy atom. The van der Waals surface area contributed by atoms with E-state index >= 15 is 0 Å². The molecule has 0 aliphatic rings. The zero-order valence-electron chi connectivity index (χ0n) is 12.4. The molecule has 0 saturated carbocycles. The summed E-state index contributed by atoms with van der Waals surface area (Å²) in [6, 6.07) is 12.1. The van der Waals surface area contributed by atoms with Crippen molar-refractivity contribution in [2.24, 2.45) is 0 Å². The van der Waals surface area contributed by atoms with E-state index in [4.69, 9.17) is 11.6 Å². The van der Waals surface area contributed by atoms with Crippen LogP contribution in [0.4, 0.5) is 0 Å². The van der Waals surface area contributed by atoms with Crippen molar-refractivity contribution in [3.63, 3.8) is 0 Å². The molecule has 0 radical (unpaired) electrons. The van der Waals surface area contributed by atoms with Gasteiger partial charge in [-0.2, -0.15) is 0 Å². The molecule has 0 spiro atoms. The van der Waals surface area contributed by atoms with Crippen molar-refractivity contribution in [2.45, 2.75) is 13.0 Å². The van der Waals surface area contributed by atoms with Gasteiger partial charge in [-0.1, -0.05) is 29.8 Å².